The summed E-state index contributed by atoms with van der Waals surface area (Å²) in [5.74, 6) is 0.0881. The molecule has 3 unspecified atom stereocenters. The van der Waals surface area contributed by atoms with E-state index in [0.29, 0.717) is 6.42 Å². The van der Waals surface area contributed by atoms with Gasteiger partial charge in [0.15, 0.2) is 0 Å². The lowest BCUT2D eigenvalue weighted by molar-refractivity contribution is -0.0960. The normalized spacial score (nSPS) is 33.6. The fourth-order valence-corrected chi connectivity index (χ4v) is 3.03. The lowest BCUT2D eigenvalue weighted by Crippen LogP contribution is -2.40. The first-order valence-electron chi connectivity index (χ1n) is 6.10. The van der Waals surface area contributed by atoms with Crippen molar-refractivity contribution in [1.29, 1.82) is 0 Å². The molecule has 2 nitrogen and oxygen atoms in total. The molecule has 1 aliphatic heterocycles. The molecule has 0 radical (unpaired) electrons. The van der Waals surface area contributed by atoms with Crippen LogP contribution in [0.4, 0.5) is 0 Å². The average Bonchev–Trinajstić information content (AvgIpc) is 2.28. The molecule has 2 rings (SSSR count). The van der Waals surface area contributed by atoms with E-state index < -0.39 is 0 Å². The summed E-state index contributed by atoms with van der Waals surface area (Å²) >= 11 is 3.46. The van der Waals surface area contributed by atoms with Crippen molar-refractivity contribution >= 4 is 15.9 Å². The molecule has 1 aromatic carbocycles. The standard InChI is InChI=1S/C14H19BrO2/c1-9-6-13(16)14(10(2)17-9)12-5-3-4-11(7-12)8-15/h3-5,7,9-10,13-14,16H,6,8H2,1-2H3/t9?,10?,13-,14?/m1/s1. The van der Waals surface area contributed by atoms with E-state index in [1.165, 1.54) is 11.1 Å². The minimum Gasteiger partial charge on any atom is -0.392 e. The lowest BCUT2D eigenvalue weighted by atomic mass is 9.83. The molecule has 0 saturated carbocycles. The molecule has 0 aromatic heterocycles. The van der Waals surface area contributed by atoms with Crippen LogP contribution < -0.4 is 0 Å². The summed E-state index contributed by atoms with van der Waals surface area (Å²) in [7, 11) is 0. The molecule has 4 atom stereocenters. The lowest BCUT2D eigenvalue weighted by Gasteiger charge is -2.37. The van der Waals surface area contributed by atoms with Gasteiger partial charge in [-0.15, -0.1) is 0 Å². The Balaban J connectivity index is 2.25. The summed E-state index contributed by atoms with van der Waals surface area (Å²) < 4.78 is 5.83. The molecule has 1 saturated heterocycles. The monoisotopic (exact) mass is 298 g/mol. The number of aliphatic hydroxyl groups is 1. The van der Waals surface area contributed by atoms with E-state index in [0.717, 1.165) is 5.33 Å². The number of benzene rings is 1. The third kappa shape index (κ3) is 2.90. The van der Waals surface area contributed by atoms with E-state index in [1.54, 1.807) is 0 Å². The molecule has 1 fully saturated rings. The summed E-state index contributed by atoms with van der Waals surface area (Å²) in [6, 6.07) is 8.36. The summed E-state index contributed by atoms with van der Waals surface area (Å²) in [6.07, 6.45) is 0.627. The van der Waals surface area contributed by atoms with Gasteiger partial charge in [-0.05, 0) is 31.4 Å². The van der Waals surface area contributed by atoms with E-state index in [2.05, 4.69) is 34.1 Å². The van der Waals surface area contributed by atoms with Crippen LogP contribution in [0.5, 0.6) is 0 Å². The van der Waals surface area contributed by atoms with Crippen LogP contribution in [0.2, 0.25) is 0 Å². The fraction of sp³-hybridized carbons (Fsp3) is 0.571. The molecule has 17 heavy (non-hydrogen) atoms. The Morgan fingerprint density at radius 1 is 1.41 bits per heavy atom. The highest BCUT2D eigenvalue weighted by molar-refractivity contribution is 9.08. The van der Waals surface area contributed by atoms with E-state index in [1.807, 2.05) is 19.9 Å². The van der Waals surface area contributed by atoms with Crippen molar-refractivity contribution in [3.05, 3.63) is 35.4 Å². The summed E-state index contributed by atoms with van der Waals surface area (Å²) in [4.78, 5) is 0. The molecule has 1 heterocycles. The quantitative estimate of drug-likeness (QED) is 0.850. The summed E-state index contributed by atoms with van der Waals surface area (Å²) in [5.41, 5.74) is 2.41. The first-order valence-corrected chi connectivity index (χ1v) is 7.22. The van der Waals surface area contributed by atoms with Crippen LogP contribution >= 0.6 is 15.9 Å². The third-order valence-corrected chi connectivity index (χ3v) is 4.08. The minimum absolute atomic E-state index is 0.0688. The summed E-state index contributed by atoms with van der Waals surface area (Å²) in [5, 5.41) is 11.1. The third-order valence-electron chi connectivity index (χ3n) is 3.43. The fourth-order valence-electron chi connectivity index (χ4n) is 2.68. The van der Waals surface area contributed by atoms with Gasteiger partial charge >= 0.3 is 0 Å². The smallest absolute Gasteiger partial charge is 0.0658 e. The molecule has 0 bridgehead atoms. The molecule has 0 aliphatic carbocycles. The molecule has 0 amide bonds. The maximum Gasteiger partial charge on any atom is 0.0658 e. The minimum atomic E-state index is -0.306. The van der Waals surface area contributed by atoms with Gasteiger partial charge in [-0.1, -0.05) is 40.2 Å². The highest BCUT2D eigenvalue weighted by Crippen LogP contribution is 2.34. The second-order valence-corrected chi connectivity index (χ2v) is 5.42. The topological polar surface area (TPSA) is 29.5 Å². The molecule has 1 aliphatic rings. The maximum atomic E-state index is 10.2. The zero-order valence-electron chi connectivity index (χ0n) is 10.3. The van der Waals surface area contributed by atoms with Crippen LogP contribution in [-0.4, -0.2) is 23.4 Å². The van der Waals surface area contributed by atoms with Crippen molar-refractivity contribution in [2.45, 2.75) is 49.8 Å². The molecule has 3 heteroatoms. The number of hydrogen-bond acceptors (Lipinski definition) is 2. The molecular weight excluding hydrogens is 280 g/mol. The van der Waals surface area contributed by atoms with Crippen molar-refractivity contribution < 1.29 is 9.84 Å². The van der Waals surface area contributed by atoms with E-state index in [9.17, 15) is 5.11 Å². The van der Waals surface area contributed by atoms with Crippen LogP contribution in [0.25, 0.3) is 0 Å². The van der Waals surface area contributed by atoms with E-state index in [-0.39, 0.29) is 24.2 Å². The van der Waals surface area contributed by atoms with Crippen molar-refractivity contribution in [2.24, 2.45) is 0 Å². The predicted molar refractivity (Wildman–Crippen MR) is 72.4 cm³/mol. The number of halogens is 1. The average molecular weight is 299 g/mol. The van der Waals surface area contributed by atoms with Crippen LogP contribution in [0.1, 0.15) is 37.3 Å². The maximum absolute atomic E-state index is 10.2. The van der Waals surface area contributed by atoms with Crippen molar-refractivity contribution in [3.63, 3.8) is 0 Å². The van der Waals surface area contributed by atoms with E-state index in [4.69, 9.17) is 4.74 Å². The highest BCUT2D eigenvalue weighted by atomic mass is 79.9. The number of aliphatic hydroxyl groups excluding tert-OH is 1. The number of hydrogen-bond donors (Lipinski definition) is 1. The van der Waals surface area contributed by atoms with Crippen LogP contribution in [0, 0.1) is 0 Å². The molecule has 94 valence electrons. The van der Waals surface area contributed by atoms with Crippen LogP contribution in [0.3, 0.4) is 0 Å². The SMILES string of the molecule is CC1C[C@@H](O)C(c2cccc(CBr)c2)C(C)O1. The predicted octanol–water partition coefficient (Wildman–Crippen LogP) is 3.22. The molecule has 1 aromatic rings. The number of rotatable bonds is 2. The van der Waals surface area contributed by atoms with Crippen LogP contribution in [0.15, 0.2) is 24.3 Å². The number of alkyl halides is 1. The largest absolute Gasteiger partial charge is 0.392 e. The van der Waals surface area contributed by atoms with Gasteiger partial charge in [0.1, 0.15) is 0 Å². The Kier molecular flexibility index (Phi) is 4.23. The van der Waals surface area contributed by atoms with Gasteiger partial charge in [0.2, 0.25) is 0 Å². The second kappa shape index (κ2) is 5.51. The van der Waals surface area contributed by atoms with Gasteiger partial charge in [-0.3, -0.25) is 0 Å². The van der Waals surface area contributed by atoms with Crippen LogP contribution in [-0.2, 0) is 10.1 Å². The zero-order valence-corrected chi connectivity index (χ0v) is 11.9. The van der Waals surface area contributed by atoms with E-state index >= 15 is 0 Å². The number of ether oxygens (including phenoxy) is 1. The Morgan fingerprint density at radius 3 is 2.82 bits per heavy atom. The Morgan fingerprint density at radius 2 is 2.18 bits per heavy atom. The molecular formula is C14H19BrO2. The second-order valence-electron chi connectivity index (χ2n) is 4.86. The van der Waals surface area contributed by atoms with Crippen molar-refractivity contribution in [1.82, 2.24) is 0 Å². The summed E-state index contributed by atoms with van der Waals surface area (Å²) in [6.45, 7) is 4.06. The van der Waals surface area contributed by atoms with Gasteiger partial charge < -0.3 is 9.84 Å². The van der Waals surface area contributed by atoms with Gasteiger partial charge in [0, 0.05) is 11.2 Å². The van der Waals surface area contributed by atoms with Crippen molar-refractivity contribution in [3.8, 4) is 0 Å². The highest BCUT2D eigenvalue weighted by Gasteiger charge is 2.34. The van der Waals surface area contributed by atoms with Gasteiger partial charge in [0.25, 0.3) is 0 Å². The first kappa shape index (κ1) is 13.1. The molecule has 1 N–H and O–H groups in total. The van der Waals surface area contributed by atoms with Gasteiger partial charge in [0.05, 0.1) is 18.3 Å². The zero-order chi connectivity index (χ0) is 12.4. The Labute approximate surface area is 111 Å². The van der Waals surface area contributed by atoms with Gasteiger partial charge in [-0.2, -0.15) is 0 Å². The van der Waals surface area contributed by atoms with Crippen molar-refractivity contribution in [2.75, 3.05) is 0 Å². The first-order chi connectivity index (χ1) is 8.11. The Bertz CT molecular complexity index is 368. The van der Waals surface area contributed by atoms with Gasteiger partial charge in [-0.25, -0.2) is 0 Å². The molecule has 0 spiro atoms. The Hall–Kier alpha value is -0.380.